The molecular weight excluding hydrogens is 235 g/mol. The van der Waals surface area contributed by atoms with Gasteiger partial charge in [-0.3, -0.25) is 4.84 Å². The summed E-state index contributed by atoms with van der Waals surface area (Å²) in [6.07, 6.45) is -4.33. The van der Waals surface area contributed by atoms with Crippen LogP contribution < -0.4 is 10.2 Å². The lowest BCUT2D eigenvalue weighted by Crippen LogP contribution is -2.26. The number of hydrogen-bond donors (Lipinski definition) is 1. The minimum atomic E-state index is -4.33. The summed E-state index contributed by atoms with van der Waals surface area (Å²) in [5.74, 6) is 0.692. The Morgan fingerprint density at radius 3 is 2.29 bits per heavy atom. The Bertz CT molecular complexity index is 338. The highest BCUT2D eigenvalue weighted by molar-refractivity contribution is 5.28. The lowest BCUT2D eigenvalue weighted by atomic mass is 10.1. The summed E-state index contributed by atoms with van der Waals surface area (Å²) in [6.45, 7) is 0.395. The zero-order chi connectivity index (χ0) is 12.9. The SMILES string of the molecule is COc1ccc(C(C)NOCC(F)(F)F)cc1. The Kier molecular flexibility index (Phi) is 4.77. The van der Waals surface area contributed by atoms with Crippen LogP contribution in [-0.2, 0) is 4.84 Å². The van der Waals surface area contributed by atoms with Crippen LogP contribution in [0.1, 0.15) is 18.5 Å². The lowest BCUT2D eigenvalue weighted by molar-refractivity contribution is -0.192. The van der Waals surface area contributed by atoms with Gasteiger partial charge in [0.05, 0.1) is 13.2 Å². The third-order valence-electron chi connectivity index (χ3n) is 2.11. The Morgan fingerprint density at radius 1 is 1.24 bits per heavy atom. The number of hydrogen-bond acceptors (Lipinski definition) is 3. The maximum absolute atomic E-state index is 11.8. The van der Waals surface area contributed by atoms with Crippen molar-refractivity contribution in [1.29, 1.82) is 0 Å². The normalized spacial score (nSPS) is 13.5. The number of hydroxylamine groups is 1. The average molecular weight is 249 g/mol. The van der Waals surface area contributed by atoms with Crippen LogP contribution in [0.25, 0.3) is 0 Å². The van der Waals surface area contributed by atoms with Crippen molar-refractivity contribution in [2.45, 2.75) is 19.1 Å². The molecule has 0 spiro atoms. The molecule has 1 atom stereocenters. The molecule has 0 aliphatic carbocycles. The zero-order valence-electron chi connectivity index (χ0n) is 9.54. The molecule has 1 aromatic rings. The van der Waals surface area contributed by atoms with Crippen molar-refractivity contribution in [3.05, 3.63) is 29.8 Å². The largest absolute Gasteiger partial charge is 0.497 e. The molecule has 17 heavy (non-hydrogen) atoms. The predicted octanol–water partition coefficient (Wildman–Crippen LogP) is 2.84. The van der Waals surface area contributed by atoms with E-state index in [0.717, 1.165) is 5.56 Å². The van der Waals surface area contributed by atoms with Crippen LogP contribution in [0.3, 0.4) is 0 Å². The highest BCUT2D eigenvalue weighted by Gasteiger charge is 2.28. The second-order valence-electron chi connectivity index (χ2n) is 3.52. The maximum atomic E-state index is 11.8. The molecule has 3 nitrogen and oxygen atoms in total. The minimum absolute atomic E-state index is 0.330. The van der Waals surface area contributed by atoms with Gasteiger partial charge in [0.15, 0.2) is 6.61 Å². The number of halogens is 3. The molecule has 1 N–H and O–H groups in total. The summed E-state index contributed by atoms with van der Waals surface area (Å²) >= 11 is 0. The quantitative estimate of drug-likeness (QED) is 0.814. The van der Waals surface area contributed by atoms with Crippen LogP contribution in [0.2, 0.25) is 0 Å². The molecule has 6 heteroatoms. The average Bonchev–Trinajstić information content (AvgIpc) is 2.27. The zero-order valence-corrected chi connectivity index (χ0v) is 9.54. The molecule has 0 radical (unpaired) electrons. The summed E-state index contributed by atoms with van der Waals surface area (Å²) in [5.41, 5.74) is 3.15. The van der Waals surface area contributed by atoms with E-state index in [-0.39, 0.29) is 6.04 Å². The number of benzene rings is 1. The third kappa shape index (κ3) is 5.06. The predicted molar refractivity (Wildman–Crippen MR) is 56.6 cm³/mol. The summed E-state index contributed by atoms with van der Waals surface area (Å²) in [7, 11) is 1.54. The van der Waals surface area contributed by atoms with Crippen molar-refractivity contribution in [2.75, 3.05) is 13.7 Å². The molecule has 0 fully saturated rings. The lowest BCUT2D eigenvalue weighted by Gasteiger charge is -2.15. The fourth-order valence-corrected chi connectivity index (χ4v) is 1.21. The van der Waals surface area contributed by atoms with Gasteiger partial charge in [0.1, 0.15) is 5.75 Å². The maximum Gasteiger partial charge on any atom is 0.413 e. The van der Waals surface area contributed by atoms with E-state index >= 15 is 0 Å². The van der Waals surface area contributed by atoms with Crippen molar-refractivity contribution in [3.63, 3.8) is 0 Å². The third-order valence-corrected chi connectivity index (χ3v) is 2.11. The number of rotatable bonds is 5. The molecular formula is C11H14F3NO2. The molecule has 0 heterocycles. The van der Waals surface area contributed by atoms with Crippen LogP contribution in [0.5, 0.6) is 5.75 Å². The van der Waals surface area contributed by atoms with Crippen LogP contribution >= 0.6 is 0 Å². The van der Waals surface area contributed by atoms with Crippen molar-refractivity contribution in [3.8, 4) is 5.75 Å². The van der Waals surface area contributed by atoms with E-state index in [4.69, 9.17) is 4.74 Å². The summed E-state index contributed by atoms with van der Waals surface area (Å²) in [4.78, 5) is 4.36. The summed E-state index contributed by atoms with van der Waals surface area (Å²) < 4.78 is 40.5. The fourth-order valence-electron chi connectivity index (χ4n) is 1.21. The number of methoxy groups -OCH3 is 1. The molecule has 0 amide bonds. The molecule has 0 aromatic heterocycles. The van der Waals surface area contributed by atoms with Crippen molar-refractivity contribution in [2.24, 2.45) is 0 Å². The molecule has 1 aromatic carbocycles. The van der Waals surface area contributed by atoms with Gasteiger partial charge in [-0.15, -0.1) is 0 Å². The monoisotopic (exact) mass is 249 g/mol. The number of alkyl halides is 3. The first-order valence-electron chi connectivity index (χ1n) is 5.00. The summed E-state index contributed by atoms with van der Waals surface area (Å²) in [5, 5.41) is 0. The topological polar surface area (TPSA) is 30.5 Å². The van der Waals surface area contributed by atoms with Gasteiger partial charge in [-0.2, -0.15) is 18.7 Å². The molecule has 0 saturated carbocycles. The Balaban J connectivity index is 2.43. The van der Waals surface area contributed by atoms with E-state index in [9.17, 15) is 13.2 Å². The Labute approximate surface area is 97.5 Å². The molecule has 96 valence electrons. The van der Waals surface area contributed by atoms with Crippen LogP contribution in [0, 0.1) is 0 Å². The standard InChI is InChI=1S/C11H14F3NO2/c1-8(15-17-7-11(12,13)14)9-3-5-10(16-2)6-4-9/h3-6,8,15H,7H2,1-2H3. The number of nitrogens with one attached hydrogen (secondary N) is 1. The van der Waals surface area contributed by atoms with Crippen LogP contribution in [-0.4, -0.2) is 19.9 Å². The minimum Gasteiger partial charge on any atom is -0.497 e. The van der Waals surface area contributed by atoms with E-state index in [1.807, 2.05) is 0 Å². The molecule has 0 aliphatic rings. The van der Waals surface area contributed by atoms with Gasteiger partial charge in [-0.1, -0.05) is 12.1 Å². The van der Waals surface area contributed by atoms with Gasteiger partial charge >= 0.3 is 6.18 Å². The Hall–Kier alpha value is -1.27. The van der Waals surface area contributed by atoms with E-state index in [1.54, 1.807) is 38.3 Å². The molecule has 0 bridgehead atoms. The number of ether oxygens (including phenoxy) is 1. The van der Waals surface area contributed by atoms with Crippen LogP contribution in [0.4, 0.5) is 13.2 Å². The van der Waals surface area contributed by atoms with E-state index < -0.39 is 12.8 Å². The Morgan fingerprint density at radius 2 is 1.82 bits per heavy atom. The van der Waals surface area contributed by atoms with Crippen LogP contribution in [0.15, 0.2) is 24.3 Å². The van der Waals surface area contributed by atoms with E-state index in [0.29, 0.717) is 5.75 Å². The van der Waals surface area contributed by atoms with Gasteiger partial charge < -0.3 is 4.74 Å². The van der Waals surface area contributed by atoms with Gasteiger partial charge in [0, 0.05) is 0 Å². The van der Waals surface area contributed by atoms with Gasteiger partial charge in [-0.05, 0) is 24.6 Å². The van der Waals surface area contributed by atoms with E-state index in [2.05, 4.69) is 10.3 Å². The first kappa shape index (κ1) is 13.8. The fraction of sp³-hybridized carbons (Fsp3) is 0.455. The van der Waals surface area contributed by atoms with Crippen molar-refractivity contribution in [1.82, 2.24) is 5.48 Å². The second-order valence-corrected chi connectivity index (χ2v) is 3.52. The van der Waals surface area contributed by atoms with Crippen molar-refractivity contribution >= 4 is 0 Å². The summed E-state index contributed by atoms with van der Waals surface area (Å²) in [6, 6.07) is 6.65. The molecule has 0 saturated heterocycles. The second kappa shape index (κ2) is 5.88. The highest BCUT2D eigenvalue weighted by Crippen LogP contribution is 2.18. The van der Waals surface area contributed by atoms with Gasteiger partial charge in [-0.25, -0.2) is 0 Å². The molecule has 1 rings (SSSR count). The highest BCUT2D eigenvalue weighted by atomic mass is 19.4. The smallest absolute Gasteiger partial charge is 0.413 e. The van der Waals surface area contributed by atoms with E-state index in [1.165, 1.54) is 0 Å². The molecule has 1 unspecified atom stereocenters. The van der Waals surface area contributed by atoms with Gasteiger partial charge in [0.25, 0.3) is 0 Å². The van der Waals surface area contributed by atoms with Gasteiger partial charge in [0.2, 0.25) is 0 Å². The van der Waals surface area contributed by atoms with Crippen molar-refractivity contribution < 1.29 is 22.7 Å². The first-order valence-corrected chi connectivity index (χ1v) is 5.00. The first-order chi connectivity index (χ1) is 7.92. The molecule has 0 aliphatic heterocycles.